The molecule has 2 saturated heterocycles. The zero-order valence-corrected chi connectivity index (χ0v) is 17.3. The molecule has 8 heteroatoms. The van der Waals surface area contributed by atoms with Gasteiger partial charge in [0.05, 0.1) is 20.9 Å². The van der Waals surface area contributed by atoms with E-state index in [1.165, 1.54) is 0 Å². The lowest BCUT2D eigenvalue weighted by atomic mass is 10.2. The summed E-state index contributed by atoms with van der Waals surface area (Å²) in [5.74, 6) is 1.21. The van der Waals surface area contributed by atoms with Crippen molar-refractivity contribution in [1.29, 1.82) is 0 Å². The van der Waals surface area contributed by atoms with E-state index in [0.29, 0.717) is 28.7 Å². The molecule has 3 heterocycles. The zero-order valence-electron chi connectivity index (χ0n) is 15.7. The summed E-state index contributed by atoms with van der Waals surface area (Å²) >= 11 is 7.96. The number of benzene rings is 2. The molecule has 1 aromatic heterocycles. The van der Waals surface area contributed by atoms with Crippen LogP contribution in [0.4, 0.5) is 5.69 Å². The van der Waals surface area contributed by atoms with E-state index in [4.69, 9.17) is 11.6 Å². The van der Waals surface area contributed by atoms with E-state index in [9.17, 15) is 9.59 Å². The maximum atomic E-state index is 12.9. The fourth-order valence-electron chi connectivity index (χ4n) is 4.11. The molecule has 6 nitrogen and oxygen atoms in total. The van der Waals surface area contributed by atoms with Crippen LogP contribution in [0.5, 0.6) is 0 Å². The molecule has 0 radical (unpaired) electrons. The lowest BCUT2D eigenvalue weighted by molar-refractivity contribution is -0.135. The number of carbonyl (C=O) groups excluding carboxylic acids is 2. The summed E-state index contributed by atoms with van der Waals surface area (Å²) in [7, 11) is 0. The van der Waals surface area contributed by atoms with Crippen molar-refractivity contribution in [3.8, 4) is 11.4 Å². The van der Waals surface area contributed by atoms with Crippen LogP contribution >= 0.6 is 23.4 Å². The van der Waals surface area contributed by atoms with Gasteiger partial charge in [-0.1, -0.05) is 23.7 Å². The Morgan fingerprint density at radius 3 is 3.00 bits per heavy atom. The van der Waals surface area contributed by atoms with Gasteiger partial charge in [-0.05, 0) is 43.7 Å². The van der Waals surface area contributed by atoms with Crippen LogP contribution in [0.15, 0.2) is 42.5 Å². The number of thioether (sulfide) groups is 1. The highest BCUT2D eigenvalue weighted by atomic mass is 35.5. The van der Waals surface area contributed by atoms with Crippen LogP contribution in [0.3, 0.4) is 0 Å². The van der Waals surface area contributed by atoms with Gasteiger partial charge in [0.25, 0.3) is 0 Å². The normalized spacial score (nSPS) is 23.6. The van der Waals surface area contributed by atoms with Crippen LogP contribution in [-0.2, 0) is 9.59 Å². The summed E-state index contributed by atoms with van der Waals surface area (Å²) in [6.45, 7) is 2.04. The molecule has 0 spiro atoms. The predicted octanol–water partition coefficient (Wildman–Crippen LogP) is 4.28. The number of fused-ring (bicyclic) bond motifs is 2. The van der Waals surface area contributed by atoms with Crippen molar-refractivity contribution in [2.75, 3.05) is 11.1 Å². The molecule has 2 aliphatic heterocycles. The standard InChI is InChI=1S/C21H19ClN4O2S/c1-21-9-8-18(27)26(21)17(11-29-21)20(28)23-12-6-7-15-16(10-12)25-19(24-15)13-4-2-3-5-14(13)22/h2-7,10,17H,8-9,11H2,1H3,(H,23,28)(H,24,25). The maximum Gasteiger partial charge on any atom is 0.248 e. The van der Waals surface area contributed by atoms with Gasteiger partial charge in [-0.25, -0.2) is 4.98 Å². The number of amides is 2. The number of halogens is 1. The molecule has 2 aliphatic rings. The van der Waals surface area contributed by atoms with E-state index < -0.39 is 6.04 Å². The molecule has 2 N–H and O–H groups in total. The van der Waals surface area contributed by atoms with E-state index in [-0.39, 0.29) is 16.7 Å². The van der Waals surface area contributed by atoms with E-state index >= 15 is 0 Å². The van der Waals surface area contributed by atoms with Crippen molar-refractivity contribution in [2.24, 2.45) is 0 Å². The fraction of sp³-hybridized carbons (Fsp3) is 0.286. The molecule has 0 bridgehead atoms. The van der Waals surface area contributed by atoms with Crippen LogP contribution in [0.25, 0.3) is 22.4 Å². The van der Waals surface area contributed by atoms with Crippen LogP contribution < -0.4 is 5.32 Å². The second-order valence-corrected chi connectivity index (χ2v) is 9.46. The molecular weight excluding hydrogens is 408 g/mol. The summed E-state index contributed by atoms with van der Waals surface area (Å²) < 4.78 is 0. The Morgan fingerprint density at radius 2 is 2.17 bits per heavy atom. The minimum atomic E-state index is -0.434. The number of aromatic amines is 1. The molecule has 0 saturated carbocycles. The van der Waals surface area contributed by atoms with Crippen molar-refractivity contribution in [1.82, 2.24) is 14.9 Å². The Hall–Kier alpha value is -2.51. The van der Waals surface area contributed by atoms with E-state index in [2.05, 4.69) is 15.3 Å². The molecule has 5 rings (SSSR count). The molecule has 29 heavy (non-hydrogen) atoms. The Balaban J connectivity index is 1.39. The first-order valence-corrected chi connectivity index (χ1v) is 10.8. The fourth-order valence-corrected chi connectivity index (χ4v) is 5.77. The summed E-state index contributed by atoms with van der Waals surface area (Å²) in [6.07, 6.45) is 1.31. The van der Waals surface area contributed by atoms with Crippen LogP contribution in [0, 0.1) is 0 Å². The quantitative estimate of drug-likeness (QED) is 0.655. The second-order valence-electron chi connectivity index (χ2n) is 7.55. The Morgan fingerprint density at radius 1 is 1.34 bits per heavy atom. The first-order chi connectivity index (χ1) is 13.9. The van der Waals surface area contributed by atoms with E-state index in [1.807, 2.05) is 49.4 Å². The molecule has 0 aliphatic carbocycles. The first kappa shape index (κ1) is 18.5. The topological polar surface area (TPSA) is 78.1 Å². The largest absolute Gasteiger partial charge is 0.338 e. The van der Waals surface area contributed by atoms with Gasteiger partial charge >= 0.3 is 0 Å². The van der Waals surface area contributed by atoms with Gasteiger partial charge < -0.3 is 15.2 Å². The van der Waals surface area contributed by atoms with Crippen molar-refractivity contribution in [3.63, 3.8) is 0 Å². The highest BCUT2D eigenvalue weighted by molar-refractivity contribution is 8.01. The lowest BCUT2D eigenvalue weighted by Gasteiger charge is -2.29. The molecule has 148 valence electrons. The average Bonchev–Trinajstić information content (AvgIpc) is 3.35. The number of rotatable bonds is 3. The van der Waals surface area contributed by atoms with Crippen molar-refractivity contribution in [3.05, 3.63) is 47.5 Å². The van der Waals surface area contributed by atoms with Crippen molar-refractivity contribution >= 4 is 51.9 Å². The van der Waals surface area contributed by atoms with Crippen LogP contribution in [-0.4, -0.2) is 43.3 Å². The summed E-state index contributed by atoms with van der Waals surface area (Å²) in [5.41, 5.74) is 3.09. The number of carbonyl (C=O) groups is 2. The minimum absolute atomic E-state index is 0.0612. The monoisotopic (exact) mass is 426 g/mol. The molecule has 2 fully saturated rings. The molecule has 3 aromatic rings. The van der Waals surface area contributed by atoms with Gasteiger partial charge in [-0.15, -0.1) is 11.8 Å². The highest BCUT2D eigenvalue weighted by Crippen LogP contribution is 2.47. The van der Waals surface area contributed by atoms with Gasteiger partial charge in [0.2, 0.25) is 11.8 Å². The Kier molecular flexibility index (Phi) is 4.33. The Labute approximate surface area is 177 Å². The van der Waals surface area contributed by atoms with Gasteiger partial charge in [-0.3, -0.25) is 9.59 Å². The summed E-state index contributed by atoms with van der Waals surface area (Å²) in [4.78, 5) is 34.5. The van der Waals surface area contributed by atoms with Crippen molar-refractivity contribution < 1.29 is 9.59 Å². The summed E-state index contributed by atoms with van der Waals surface area (Å²) in [5, 5.41) is 3.59. The van der Waals surface area contributed by atoms with Gasteiger partial charge in [0.1, 0.15) is 11.9 Å². The third-order valence-corrected chi connectivity index (χ3v) is 7.46. The SMILES string of the molecule is CC12CCC(=O)N1C(C(=O)Nc1ccc3nc(-c4ccccc4Cl)[nH]c3c1)CS2. The van der Waals surface area contributed by atoms with E-state index in [0.717, 1.165) is 23.0 Å². The van der Waals surface area contributed by atoms with E-state index in [1.54, 1.807) is 16.7 Å². The van der Waals surface area contributed by atoms with Crippen LogP contribution in [0.2, 0.25) is 5.02 Å². The number of aromatic nitrogens is 2. The number of nitrogens with zero attached hydrogens (tertiary/aromatic N) is 2. The zero-order chi connectivity index (χ0) is 20.2. The third kappa shape index (κ3) is 3.09. The maximum absolute atomic E-state index is 12.9. The average molecular weight is 427 g/mol. The second kappa shape index (κ2) is 6.78. The third-order valence-electron chi connectivity index (χ3n) is 5.63. The van der Waals surface area contributed by atoms with Gasteiger partial charge in [0, 0.05) is 23.4 Å². The number of hydrogen-bond acceptors (Lipinski definition) is 4. The first-order valence-electron chi connectivity index (χ1n) is 9.46. The Bertz CT molecular complexity index is 1150. The number of imidazole rings is 1. The van der Waals surface area contributed by atoms with Gasteiger partial charge in [-0.2, -0.15) is 0 Å². The molecular formula is C21H19ClN4O2S. The predicted molar refractivity (Wildman–Crippen MR) is 116 cm³/mol. The smallest absolute Gasteiger partial charge is 0.248 e. The number of nitrogens with one attached hydrogen (secondary N) is 2. The number of hydrogen-bond donors (Lipinski definition) is 2. The number of anilines is 1. The minimum Gasteiger partial charge on any atom is -0.338 e. The molecule has 2 atom stereocenters. The molecule has 2 unspecified atom stereocenters. The number of H-pyrrole nitrogens is 1. The molecule has 2 aromatic carbocycles. The lowest BCUT2D eigenvalue weighted by Crippen LogP contribution is -2.48. The van der Waals surface area contributed by atoms with Crippen molar-refractivity contribution in [2.45, 2.75) is 30.7 Å². The summed E-state index contributed by atoms with van der Waals surface area (Å²) in [6, 6.07) is 12.6. The molecule has 2 amide bonds. The highest BCUT2D eigenvalue weighted by Gasteiger charge is 2.52. The van der Waals surface area contributed by atoms with Gasteiger partial charge in [0.15, 0.2) is 0 Å². The van der Waals surface area contributed by atoms with Crippen LogP contribution in [0.1, 0.15) is 19.8 Å².